The Bertz CT molecular complexity index is 291. The van der Waals surface area contributed by atoms with E-state index in [1.165, 1.54) is 13.2 Å². The lowest BCUT2D eigenvalue weighted by Crippen LogP contribution is -2.08. The van der Waals surface area contributed by atoms with Gasteiger partial charge in [0.2, 0.25) is 0 Å². The predicted molar refractivity (Wildman–Crippen MR) is 55.1 cm³/mol. The van der Waals surface area contributed by atoms with Crippen LogP contribution in [0.15, 0.2) is 18.2 Å². The molecule has 0 amide bonds. The van der Waals surface area contributed by atoms with E-state index in [0.717, 1.165) is 18.7 Å². The monoisotopic (exact) mass is 198 g/mol. The summed E-state index contributed by atoms with van der Waals surface area (Å²) in [4.78, 5) is 0. The summed E-state index contributed by atoms with van der Waals surface area (Å²) in [6, 6.07) is 4.68. The first-order valence-electron chi connectivity index (χ1n) is 4.55. The SMILES string of the molecule is COc1cc(NCCCN)ccc1F. The van der Waals surface area contributed by atoms with Crippen LogP contribution in [0.3, 0.4) is 0 Å². The molecule has 0 radical (unpaired) electrons. The molecule has 0 saturated heterocycles. The van der Waals surface area contributed by atoms with Gasteiger partial charge in [-0.25, -0.2) is 4.39 Å². The van der Waals surface area contributed by atoms with E-state index in [0.29, 0.717) is 6.54 Å². The van der Waals surface area contributed by atoms with Crippen molar-refractivity contribution in [1.82, 2.24) is 0 Å². The molecular weight excluding hydrogens is 183 g/mol. The van der Waals surface area contributed by atoms with Crippen LogP contribution in [0.2, 0.25) is 0 Å². The molecule has 14 heavy (non-hydrogen) atoms. The average Bonchev–Trinajstić information content (AvgIpc) is 2.21. The molecule has 1 rings (SSSR count). The normalized spacial score (nSPS) is 9.93. The molecule has 0 aliphatic carbocycles. The smallest absolute Gasteiger partial charge is 0.165 e. The minimum absolute atomic E-state index is 0.253. The van der Waals surface area contributed by atoms with Crippen molar-refractivity contribution in [3.8, 4) is 5.75 Å². The number of nitrogens with two attached hydrogens (primary N) is 1. The zero-order chi connectivity index (χ0) is 10.4. The van der Waals surface area contributed by atoms with Gasteiger partial charge in [-0.3, -0.25) is 0 Å². The number of halogens is 1. The molecule has 1 aromatic rings. The van der Waals surface area contributed by atoms with Crippen LogP contribution < -0.4 is 15.8 Å². The van der Waals surface area contributed by atoms with Crippen LogP contribution in [0.5, 0.6) is 5.75 Å². The summed E-state index contributed by atoms with van der Waals surface area (Å²) in [6.45, 7) is 1.43. The van der Waals surface area contributed by atoms with E-state index < -0.39 is 0 Å². The number of nitrogens with one attached hydrogen (secondary N) is 1. The third-order valence-electron chi connectivity index (χ3n) is 1.86. The fourth-order valence-electron chi connectivity index (χ4n) is 1.10. The van der Waals surface area contributed by atoms with E-state index in [1.807, 2.05) is 0 Å². The van der Waals surface area contributed by atoms with E-state index in [9.17, 15) is 4.39 Å². The number of benzene rings is 1. The molecule has 78 valence electrons. The molecule has 0 fully saturated rings. The first-order valence-corrected chi connectivity index (χ1v) is 4.55. The summed E-state index contributed by atoms with van der Waals surface area (Å²) in [5.41, 5.74) is 6.19. The van der Waals surface area contributed by atoms with E-state index in [-0.39, 0.29) is 11.6 Å². The Labute approximate surface area is 83.1 Å². The lowest BCUT2D eigenvalue weighted by atomic mass is 10.3. The van der Waals surface area contributed by atoms with Crippen LogP contribution >= 0.6 is 0 Å². The number of ether oxygens (including phenoxy) is 1. The fourth-order valence-corrected chi connectivity index (χ4v) is 1.10. The minimum atomic E-state index is -0.350. The first kappa shape index (κ1) is 10.8. The van der Waals surface area contributed by atoms with Crippen LogP contribution in [0.4, 0.5) is 10.1 Å². The van der Waals surface area contributed by atoms with Crippen molar-refractivity contribution in [2.75, 3.05) is 25.5 Å². The summed E-state index contributed by atoms with van der Waals surface area (Å²) in [7, 11) is 1.45. The van der Waals surface area contributed by atoms with Crippen molar-refractivity contribution >= 4 is 5.69 Å². The summed E-state index contributed by atoms with van der Waals surface area (Å²) in [5.74, 6) is -0.0976. The zero-order valence-corrected chi connectivity index (χ0v) is 8.22. The Morgan fingerprint density at radius 2 is 2.29 bits per heavy atom. The second-order valence-electron chi connectivity index (χ2n) is 2.92. The zero-order valence-electron chi connectivity index (χ0n) is 8.22. The van der Waals surface area contributed by atoms with Gasteiger partial charge in [0.15, 0.2) is 11.6 Å². The molecule has 0 saturated carbocycles. The summed E-state index contributed by atoms with van der Waals surface area (Å²) >= 11 is 0. The summed E-state index contributed by atoms with van der Waals surface area (Å²) in [6.07, 6.45) is 0.889. The Kier molecular flexibility index (Phi) is 4.19. The highest BCUT2D eigenvalue weighted by Crippen LogP contribution is 2.21. The van der Waals surface area contributed by atoms with Crippen LogP contribution in [0, 0.1) is 5.82 Å². The quantitative estimate of drug-likeness (QED) is 0.706. The highest BCUT2D eigenvalue weighted by atomic mass is 19.1. The highest BCUT2D eigenvalue weighted by Gasteiger charge is 2.02. The number of hydrogen-bond acceptors (Lipinski definition) is 3. The van der Waals surface area contributed by atoms with E-state index in [4.69, 9.17) is 10.5 Å². The molecule has 0 aliphatic heterocycles. The van der Waals surface area contributed by atoms with Gasteiger partial charge in [0.05, 0.1) is 7.11 Å². The Hall–Kier alpha value is -1.29. The van der Waals surface area contributed by atoms with Gasteiger partial charge in [-0.05, 0) is 25.1 Å². The Morgan fingerprint density at radius 1 is 1.50 bits per heavy atom. The van der Waals surface area contributed by atoms with Crippen molar-refractivity contribution < 1.29 is 9.13 Å². The summed E-state index contributed by atoms with van der Waals surface area (Å²) in [5, 5.41) is 3.12. The molecule has 0 aliphatic rings. The van der Waals surface area contributed by atoms with E-state index >= 15 is 0 Å². The molecule has 3 nitrogen and oxygen atoms in total. The van der Waals surface area contributed by atoms with Crippen LogP contribution in [-0.4, -0.2) is 20.2 Å². The molecule has 4 heteroatoms. The van der Waals surface area contributed by atoms with E-state index in [1.54, 1.807) is 12.1 Å². The van der Waals surface area contributed by atoms with Gasteiger partial charge in [0.25, 0.3) is 0 Å². The van der Waals surface area contributed by atoms with Gasteiger partial charge in [-0.2, -0.15) is 0 Å². The highest BCUT2D eigenvalue weighted by molar-refractivity contribution is 5.48. The lowest BCUT2D eigenvalue weighted by Gasteiger charge is -2.07. The third-order valence-corrected chi connectivity index (χ3v) is 1.86. The molecule has 1 aromatic carbocycles. The van der Waals surface area contributed by atoms with Crippen molar-refractivity contribution in [2.45, 2.75) is 6.42 Å². The van der Waals surface area contributed by atoms with Crippen LogP contribution in [-0.2, 0) is 0 Å². The van der Waals surface area contributed by atoms with Crippen molar-refractivity contribution in [1.29, 1.82) is 0 Å². The second-order valence-corrected chi connectivity index (χ2v) is 2.92. The van der Waals surface area contributed by atoms with Crippen molar-refractivity contribution in [2.24, 2.45) is 5.73 Å². The molecule has 3 N–H and O–H groups in total. The van der Waals surface area contributed by atoms with Gasteiger partial charge >= 0.3 is 0 Å². The molecule has 0 aromatic heterocycles. The molecular formula is C10H15FN2O. The molecule has 0 unspecified atom stereocenters. The van der Waals surface area contributed by atoms with Crippen LogP contribution in [0.1, 0.15) is 6.42 Å². The first-order chi connectivity index (χ1) is 6.77. The van der Waals surface area contributed by atoms with E-state index in [2.05, 4.69) is 5.32 Å². The predicted octanol–water partition coefficient (Wildman–Crippen LogP) is 1.59. The maximum absolute atomic E-state index is 13.0. The average molecular weight is 198 g/mol. The minimum Gasteiger partial charge on any atom is -0.494 e. The topological polar surface area (TPSA) is 47.3 Å². The van der Waals surface area contributed by atoms with Gasteiger partial charge < -0.3 is 15.8 Å². The molecule has 0 atom stereocenters. The summed E-state index contributed by atoms with van der Waals surface area (Å²) < 4.78 is 17.8. The fraction of sp³-hybridized carbons (Fsp3) is 0.400. The maximum Gasteiger partial charge on any atom is 0.165 e. The van der Waals surface area contributed by atoms with Gasteiger partial charge in [-0.15, -0.1) is 0 Å². The molecule has 0 heterocycles. The lowest BCUT2D eigenvalue weighted by molar-refractivity contribution is 0.387. The largest absolute Gasteiger partial charge is 0.494 e. The number of hydrogen-bond donors (Lipinski definition) is 2. The molecule has 0 spiro atoms. The Balaban J connectivity index is 2.60. The number of anilines is 1. The van der Waals surface area contributed by atoms with Crippen molar-refractivity contribution in [3.05, 3.63) is 24.0 Å². The number of methoxy groups -OCH3 is 1. The number of rotatable bonds is 5. The van der Waals surface area contributed by atoms with Gasteiger partial charge in [-0.1, -0.05) is 0 Å². The van der Waals surface area contributed by atoms with Gasteiger partial charge in [0.1, 0.15) is 0 Å². The Morgan fingerprint density at radius 3 is 2.93 bits per heavy atom. The maximum atomic E-state index is 13.0. The van der Waals surface area contributed by atoms with Crippen LogP contribution in [0.25, 0.3) is 0 Å². The molecule has 0 bridgehead atoms. The van der Waals surface area contributed by atoms with Gasteiger partial charge in [0, 0.05) is 18.3 Å². The third kappa shape index (κ3) is 2.88. The standard InChI is InChI=1S/C10H15FN2O/c1-14-10-7-8(3-4-9(10)11)13-6-2-5-12/h3-4,7,13H,2,5-6,12H2,1H3. The van der Waals surface area contributed by atoms with Crippen molar-refractivity contribution in [3.63, 3.8) is 0 Å². The second kappa shape index (κ2) is 5.44.